The highest BCUT2D eigenvalue weighted by molar-refractivity contribution is 7.80. The Morgan fingerprint density at radius 2 is 1.76 bits per heavy atom. The highest BCUT2D eigenvalue weighted by atomic mass is 32.1. The first-order valence-electron chi connectivity index (χ1n) is 10.7. The lowest BCUT2D eigenvalue weighted by molar-refractivity contribution is -0.136. The van der Waals surface area contributed by atoms with Gasteiger partial charge >= 0.3 is 5.97 Å². The van der Waals surface area contributed by atoms with Crippen LogP contribution in [-0.2, 0) is 9.53 Å². The van der Waals surface area contributed by atoms with Gasteiger partial charge in [-0.3, -0.25) is 4.79 Å². The van der Waals surface area contributed by atoms with Gasteiger partial charge in [-0.15, -0.1) is 0 Å². The van der Waals surface area contributed by atoms with Crippen molar-refractivity contribution in [3.8, 4) is 0 Å². The zero-order valence-corrected chi connectivity index (χ0v) is 19.5. The van der Waals surface area contributed by atoms with Crippen molar-refractivity contribution in [2.45, 2.75) is 19.9 Å². The molecule has 168 valence electrons. The summed E-state index contributed by atoms with van der Waals surface area (Å²) in [6, 6.07) is 20.5. The third-order valence-corrected chi connectivity index (χ3v) is 6.17. The van der Waals surface area contributed by atoms with Crippen LogP contribution in [0.25, 0.3) is 10.8 Å². The standard InChI is InChI=1S/C26H25N3O3S/c1-4-29-16(2)22(25(31)32-3)23(28-26(29)33)18-11-13-21(14-12-18)27-24(30)20-10-9-17-7-5-6-8-19(17)15-20/h5-15,23H,4H2,1-3H3,(H,27,30)(H,28,33)/t23-/m0/s1. The van der Waals surface area contributed by atoms with E-state index < -0.39 is 12.0 Å². The minimum absolute atomic E-state index is 0.185. The van der Waals surface area contributed by atoms with E-state index in [1.165, 1.54) is 7.11 Å². The van der Waals surface area contributed by atoms with E-state index in [4.69, 9.17) is 17.0 Å². The monoisotopic (exact) mass is 459 g/mol. The van der Waals surface area contributed by atoms with Crippen LogP contribution >= 0.6 is 12.2 Å². The highest BCUT2D eigenvalue weighted by Crippen LogP contribution is 2.32. The van der Waals surface area contributed by atoms with Crippen LogP contribution in [0.4, 0.5) is 5.69 Å². The Morgan fingerprint density at radius 1 is 1.06 bits per heavy atom. The molecule has 1 heterocycles. The molecule has 3 aromatic rings. The van der Waals surface area contributed by atoms with Crippen molar-refractivity contribution in [3.05, 3.63) is 89.1 Å². The van der Waals surface area contributed by atoms with Crippen molar-refractivity contribution in [3.63, 3.8) is 0 Å². The number of benzene rings is 3. The minimum Gasteiger partial charge on any atom is -0.466 e. The minimum atomic E-state index is -0.432. The van der Waals surface area contributed by atoms with Gasteiger partial charge in [-0.2, -0.15) is 0 Å². The van der Waals surface area contributed by atoms with Gasteiger partial charge in [0.25, 0.3) is 5.91 Å². The maximum atomic E-state index is 12.8. The second-order valence-corrected chi connectivity index (χ2v) is 8.14. The third-order valence-electron chi connectivity index (χ3n) is 5.83. The molecule has 0 aliphatic carbocycles. The van der Waals surface area contributed by atoms with E-state index in [0.29, 0.717) is 28.5 Å². The van der Waals surface area contributed by atoms with Crippen LogP contribution in [0.3, 0.4) is 0 Å². The first kappa shape index (κ1) is 22.5. The van der Waals surface area contributed by atoms with Gasteiger partial charge in [-0.05, 0) is 66.7 Å². The maximum absolute atomic E-state index is 12.8. The van der Waals surface area contributed by atoms with E-state index in [-0.39, 0.29) is 5.91 Å². The zero-order chi connectivity index (χ0) is 23.5. The molecule has 0 aromatic heterocycles. The number of hydrogen-bond donors (Lipinski definition) is 2. The molecule has 6 nitrogen and oxygen atoms in total. The maximum Gasteiger partial charge on any atom is 0.337 e. The molecule has 0 fully saturated rings. The summed E-state index contributed by atoms with van der Waals surface area (Å²) in [5, 5.41) is 8.83. The first-order chi connectivity index (χ1) is 15.9. The van der Waals surface area contributed by atoms with Crippen molar-refractivity contribution in [2.24, 2.45) is 0 Å². The number of carbonyl (C=O) groups excluding carboxylic acids is 2. The predicted octanol–water partition coefficient (Wildman–Crippen LogP) is 4.79. The fourth-order valence-electron chi connectivity index (χ4n) is 4.08. The van der Waals surface area contributed by atoms with Gasteiger partial charge in [0.15, 0.2) is 5.11 Å². The van der Waals surface area contributed by atoms with Crippen LogP contribution in [0.2, 0.25) is 0 Å². The number of thiocarbonyl (C=S) groups is 1. The van der Waals surface area contributed by atoms with Gasteiger partial charge in [0, 0.05) is 23.5 Å². The number of carbonyl (C=O) groups is 2. The van der Waals surface area contributed by atoms with Gasteiger partial charge < -0.3 is 20.3 Å². The lowest BCUT2D eigenvalue weighted by atomic mass is 9.95. The summed E-state index contributed by atoms with van der Waals surface area (Å²) in [5.74, 6) is -0.588. The smallest absolute Gasteiger partial charge is 0.337 e. The van der Waals surface area contributed by atoms with Gasteiger partial charge in [0.2, 0.25) is 0 Å². The van der Waals surface area contributed by atoms with Crippen LogP contribution in [0.1, 0.15) is 35.8 Å². The lowest BCUT2D eigenvalue weighted by Crippen LogP contribution is -2.47. The number of rotatable bonds is 5. The number of nitrogens with zero attached hydrogens (tertiary/aromatic N) is 1. The number of amides is 1. The molecule has 4 rings (SSSR count). The number of nitrogens with one attached hydrogen (secondary N) is 2. The van der Waals surface area contributed by atoms with Gasteiger partial charge in [-0.25, -0.2) is 4.79 Å². The number of ether oxygens (including phenoxy) is 1. The summed E-state index contributed by atoms with van der Waals surface area (Å²) in [6.45, 7) is 4.48. The van der Waals surface area contributed by atoms with Crippen molar-refractivity contribution < 1.29 is 14.3 Å². The molecule has 1 aliphatic rings. The Bertz CT molecular complexity index is 1270. The van der Waals surface area contributed by atoms with E-state index in [0.717, 1.165) is 22.0 Å². The molecular formula is C26H25N3O3S. The molecule has 0 unspecified atom stereocenters. The summed E-state index contributed by atoms with van der Waals surface area (Å²) in [4.78, 5) is 27.2. The van der Waals surface area contributed by atoms with Crippen LogP contribution in [0, 0.1) is 0 Å². The molecule has 0 bridgehead atoms. The van der Waals surface area contributed by atoms with Gasteiger partial charge in [0.05, 0.1) is 18.7 Å². The van der Waals surface area contributed by atoms with E-state index in [2.05, 4.69) is 10.6 Å². The number of anilines is 1. The molecule has 0 saturated heterocycles. The first-order valence-corrected chi connectivity index (χ1v) is 11.1. The van der Waals surface area contributed by atoms with Gasteiger partial charge in [0.1, 0.15) is 0 Å². The Balaban J connectivity index is 1.56. The lowest BCUT2D eigenvalue weighted by Gasteiger charge is -2.36. The second kappa shape index (κ2) is 9.42. The summed E-state index contributed by atoms with van der Waals surface area (Å²) in [6.07, 6.45) is 0. The molecule has 0 spiro atoms. The molecule has 1 aliphatic heterocycles. The number of fused-ring (bicyclic) bond motifs is 1. The molecule has 3 aromatic carbocycles. The third kappa shape index (κ3) is 4.45. The summed E-state index contributed by atoms with van der Waals surface area (Å²) in [7, 11) is 1.37. The molecule has 1 amide bonds. The predicted molar refractivity (Wildman–Crippen MR) is 134 cm³/mol. The summed E-state index contributed by atoms with van der Waals surface area (Å²) >= 11 is 5.50. The molecule has 0 saturated carbocycles. The highest BCUT2D eigenvalue weighted by Gasteiger charge is 2.33. The quantitative estimate of drug-likeness (QED) is 0.422. The van der Waals surface area contributed by atoms with Gasteiger partial charge in [-0.1, -0.05) is 42.5 Å². The topological polar surface area (TPSA) is 70.7 Å². The van der Waals surface area contributed by atoms with E-state index >= 15 is 0 Å². The summed E-state index contributed by atoms with van der Waals surface area (Å²) < 4.78 is 5.03. The molecular weight excluding hydrogens is 434 g/mol. The Kier molecular flexibility index (Phi) is 6.42. The second-order valence-electron chi connectivity index (χ2n) is 7.76. The van der Waals surface area contributed by atoms with Crippen LogP contribution in [0.5, 0.6) is 0 Å². The fraction of sp³-hybridized carbons (Fsp3) is 0.192. The van der Waals surface area contributed by atoms with Crippen LogP contribution in [-0.4, -0.2) is 35.5 Å². The molecule has 2 N–H and O–H groups in total. The Labute approximate surface area is 198 Å². The van der Waals surface area contributed by atoms with Crippen molar-refractivity contribution in [1.29, 1.82) is 0 Å². The summed E-state index contributed by atoms with van der Waals surface area (Å²) in [5.41, 5.74) is 3.37. The Morgan fingerprint density at radius 3 is 2.42 bits per heavy atom. The van der Waals surface area contributed by atoms with Crippen molar-refractivity contribution in [1.82, 2.24) is 10.2 Å². The zero-order valence-electron chi connectivity index (χ0n) is 18.7. The average Bonchev–Trinajstić information content (AvgIpc) is 2.83. The number of hydrogen-bond acceptors (Lipinski definition) is 4. The van der Waals surface area contributed by atoms with E-state index in [9.17, 15) is 9.59 Å². The van der Waals surface area contributed by atoms with Crippen molar-refractivity contribution >= 4 is 45.7 Å². The SMILES string of the molecule is CCN1C(=S)N[C@@H](c2ccc(NC(=O)c3ccc4ccccc4c3)cc2)C(C(=O)OC)=C1C. The van der Waals surface area contributed by atoms with Crippen LogP contribution in [0.15, 0.2) is 78.0 Å². The molecule has 33 heavy (non-hydrogen) atoms. The number of methoxy groups -OCH3 is 1. The molecule has 7 heteroatoms. The normalized spacial score (nSPS) is 15.9. The molecule has 1 atom stereocenters. The Hall–Kier alpha value is -3.71. The van der Waals surface area contributed by atoms with E-state index in [1.807, 2.05) is 85.5 Å². The largest absolute Gasteiger partial charge is 0.466 e. The number of allylic oxidation sites excluding steroid dienone is 1. The average molecular weight is 460 g/mol. The van der Waals surface area contributed by atoms with E-state index in [1.54, 1.807) is 0 Å². The fourth-order valence-corrected chi connectivity index (χ4v) is 4.46. The number of esters is 1. The van der Waals surface area contributed by atoms with Crippen LogP contribution < -0.4 is 10.6 Å². The van der Waals surface area contributed by atoms with Crippen molar-refractivity contribution in [2.75, 3.05) is 19.0 Å². The molecule has 0 radical (unpaired) electrons.